The number of amides is 1. The van der Waals surface area contributed by atoms with Crippen LogP contribution in [-0.4, -0.2) is 32.7 Å². The number of carbonyl (C=O) groups is 1. The second kappa shape index (κ2) is 9.96. The Morgan fingerprint density at radius 2 is 1.79 bits per heavy atom. The van der Waals surface area contributed by atoms with Gasteiger partial charge < -0.3 is 15.4 Å². The molecule has 4 nitrogen and oxygen atoms in total. The van der Waals surface area contributed by atoms with Gasteiger partial charge in [0.15, 0.2) is 0 Å². The molecule has 24 heavy (non-hydrogen) atoms. The first-order valence-corrected chi connectivity index (χ1v) is 8.40. The highest BCUT2D eigenvalue weighted by Gasteiger charge is 2.03. The molecule has 5 heteroatoms. The number of carbonyl (C=O) groups excluding carboxylic acids is 1. The topological polar surface area (TPSA) is 50.4 Å². The highest BCUT2D eigenvalue weighted by molar-refractivity contribution is 6.30. The Morgan fingerprint density at radius 1 is 1.04 bits per heavy atom. The second-order valence-corrected chi connectivity index (χ2v) is 5.90. The SMILES string of the molecule is COc1ccccc1CCNCC(=O)NCCc1ccc(Cl)cc1. The third-order valence-electron chi connectivity index (χ3n) is 3.70. The van der Waals surface area contributed by atoms with Gasteiger partial charge in [0.25, 0.3) is 0 Å². The van der Waals surface area contributed by atoms with E-state index in [-0.39, 0.29) is 5.91 Å². The number of halogens is 1. The van der Waals surface area contributed by atoms with E-state index >= 15 is 0 Å². The molecule has 0 unspecified atom stereocenters. The Kier molecular flexibility index (Phi) is 7.59. The summed E-state index contributed by atoms with van der Waals surface area (Å²) in [6, 6.07) is 15.6. The average Bonchev–Trinajstić information content (AvgIpc) is 2.61. The molecule has 2 aromatic carbocycles. The molecule has 2 rings (SSSR count). The van der Waals surface area contributed by atoms with Crippen molar-refractivity contribution in [3.05, 3.63) is 64.7 Å². The van der Waals surface area contributed by atoms with E-state index in [1.165, 1.54) is 0 Å². The van der Waals surface area contributed by atoms with Crippen LogP contribution in [0.25, 0.3) is 0 Å². The summed E-state index contributed by atoms with van der Waals surface area (Å²) < 4.78 is 5.31. The lowest BCUT2D eigenvalue weighted by atomic mass is 10.1. The summed E-state index contributed by atoms with van der Waals surface area (Å²) >= 11 is 5.84. The molecular weight excluding hydrogens is 324 g/mol. The number of rotatable bonds is 9. The van der Waals surface area contributed by atoms with Gasteiger partial charge in [-0.2, -0.15) is 0 Å². The molecule has 2 aromatic rings. The van der Waals surface area contributed by atoms with E-state index in [2.05, 4.69) is 10.6 Å². The number of para-hydroxylation sites is 1. The maximum Gasteiger partial charge on any atom is 0.233 e. The van der Waals surface area contributed by atoms with E-state index in [0.717, 1.165) is 41.3 Å². The standard InChI is InChI=1S/C19H23ClN2O2/c1-24-18-5-3-2-4-16(18)11-12-21-14-19(23)22-13-10-15-6-8-17(20)9-7-15/h2-9,21H,10-14H2,1H3,(H,22,23). The largest absolute Gasteiger partial charge is 0.496 e. The maximum atomic E-state index is 11.8. The van der Waals surface area contributed by atoms with Gasteiger partial charge in [-0.3, -0.25) is 4.79 Å². The van der Waals surface area contributed by atoms with Crippen LogP contribution in [0.3, 0.4) is 0 Å². The number of hydrogen-bond donors (Lipinski definition) is 2. The predicted octanol–water partition coefficient (Wildman–Crippen LogP) is 2.84. The minimum absolute atomic E-state index is 0.00369. The number of ether oxygens (including phenoxy) is 1. The van der Waals surface area contributed by atoms with Crippen LogP contribution in [0.2, 0.25) is 5.02 Å². The van der Waals surface area contributed by atoms with Crippen molar-refractivity contribution < 1.29 is 9.53 Å². The van der Waals surface area contributed by atoms with Crippen LogP contribution in [0.4, 0.5) is 0 Å². The van der Waals surface area contributed by atoms with Crippen molar-refractivity contribution >= 4 is 17.5 Å². The minimum atomic E-state index is 0.00369. The van der Waals surface area contributed by atoms with Gasteiger partial charge in [0.05, 0.1) is 13.7 Å². The van der Waals surface area contributed by atoms with Crippen molar-refractivity contribution in [1.82, 2.24) is 10.6 Å². The summed E-state index contributed by atoms with van der Waals surface area (Å²) in [6.07, 6.45) is 1.62. The first kappa shape index (κ1) is 18.3. The molecule has 2 N–H and O–H groups in total. The molecule has 0 saturated carbocycles. The predicted molar refractivity (Wildman–Crippen MR) is 97.7 cm³/mol. The molecule has 1 amide bonds. The molecule has 0 aromatic heterocycles. The number of hydrogen-bond acceptors (Lipinski definition) is 3. The van der Waals surface area contributed by atoms with E-state index in [1.807, 2.05) is 48.5 Å². The van der Waals surface area contributed by atoms with Crippen LogP contribution in [-0.2, 0) is 17.6 Å². The number of nitrogens with one attached hydrogen (secondary N) is 2. The summed E-state index contributed by atoms with van der Waals surface area (Å²) in [7, 11) is 1.67. The van der Waals surface area contributed by atoms with Gasteiger partial charge in [0.2, 0.25) is 5.91 Å². The first-order valence-electron chi connectivity index (χ1n) is 8.03. The van der Waals surface area contributed by atoms with Crippen LogP contribution < -0.4 is 15.4 Å². The van der Waals surface area contributed by atoms with Crippen LogP contribution in [0.5, 0.6) is 5.75 Å². The van der Waals surface area contributed by atoms with Crippen molar-refractivity contribution in [3.8, 4) is 5.75 Å². The van der Waals surface area contributed by atoms with Crippen LogP contribution in [0.1, 0.15) is 11.1 Å². The quantitative estimate of drug-likeness (QED) is 0.686. The highest BCUT2D eigenvalue weighted by Crippen LogP contribution is 2.17. The molecule has 0 aliphatic heterocycles. The number of benzene rings is 2. The summed E-state index contributed by atoms with van der Waals surface area (Å²) in [5, 5.41) is 6.79. The highest BCUT2D eigenvalue weighted by atomic mass is 35.5. The average molecular weight is 347 g/mol. The Balaban J connectivity index is 1.60. The van der Waals surface area contributed by atoms with E-state index < -0.39 is 0 Å². The third kappa shape index (κ3) is 6.22. The monoisotopic (exact) mass is 346 g/mol. The fourth-order valence-electron chi connectivity index (χ4n) is 2.39. The van der Waals surface area contributed by atoms with Crippen LogP contribution in [0.15, 0.2) is 48.5 Å². The van der Waals surface area contributed by atoms with Gasteiger partial charge in [0, 0.05) is 11.6 Å². The molecule has 128 valence electrons. The van der Waals surface area contributed by atoms with Gasteiger partial charge in [-0.05, 0) is 48.7 Å². The molecule has 0 radical (unpaired) electrons. The van der Waals surface area contributed by atoms with Gasteiger partial charge in [0.1, 0.15) is 5.75 Å². The molecular formula is C19H23ClN2O2. The van der Waals surface area contributed by atoms with Crippen molar-refractivity contribution in [2.24, 2.45) is 0 Å². The minimum Gasteiger partial charge on any atom is -0.496 e. The molecule has 0 aliphatic carbocycles. The summed E-state index contributed by atoms with van der Waals surface area (Å²) in [5.74, 6) is 0.885. The van der Waals surface area contributed by atoms with Crippen molar-refractivity contribution in [2.45, 2.75) is 12.8 Å². The van der Waals surface area contributed by atoms with Gasteiger partial charge in [-0.25, -0.2) is 0 Å². The maximum absolute atomic E-state index is 11.8. The second-order valence-electron chi connectivity index (χ2n) is 5.47. The van der Waals surface area contributed by atoms with Crippen molar-refractivity contribution in [2.75, 3.05) is 26.7 Å². The Bertz CT molecular complexity index is 644. The Morgan fingerprint density at radius 3 is 2.54 bits per heavy atom. The zero-order valence-corrected chi connectivity index (χ0v) is 14.6. The Labute approximate surface area is 148 Å². The zero-order chi connectivity index (χ0) is 17.2. The van der Waals surface area contributed by atoms with E-state index in [4.69, 9.17) is 16.3 Å². The Hall–Kier alpha value is -2.04. The normalized spacial score (nSPS) is 10.4. The van der Waals surface area contributed by atoms with Gasteiger partial charge in [-0.1, -0.05) is 41.9 Å². The molecule has 0 atom stereocenters. The third-order valence-corrected chi connectivity index (χ3v) is 3.95. The van der Waals surface area contributed by atoms with Gasteiger partial charge in [-0.15, -0.1) is 0 Å². The van der Waals surface area contributed by atoms with Crippen molar-refractivity contribution in [1.29, 1.82) is 0 Å². The summed E-state index contributed by atoms with van der Waals surface area (Å²) in [6.45, 7) is 1.66. The van der Waals surface area contributed by atoms with Gasteiger partial charge >= 0.3 is 0 Å². The van der Waals surface area contributed by atoms with Crippen LogP contribution >= 0.6 is 11.6 Å². The summed E-state index contributed by atoms with van der Waals surface area (Å²) in [5.41, 5.74) is 2.29. The smallest absolute Gasteiger partial charge is 0.233 e. The number of methoxy groups -OCH3 is 1. The molecule has 0 heterocycles. The van der Waals surface area contributed by atoms with Crippen LogP contribution in [0, 0.1) is 0 Å². The molecule has 0 fully saturated rings. The van der Waals surface area contributed by atoms with E-state index in [0.29, 0.717) is 13.1 Å². The lowest BCUT2D eigenvalue weighted by molar-refractivity contribution is -0.120. The molecule has 0 aliphatic rings. The van der Waals surface area contributed by atoms with E-state index in [1.54, 1.807) is 7.11 Å². The van der Waals surface area contributed by atoms with Crippen molar-refractivity contribution in [3.63, 3.8) is 0 Å². The molecule has 0 bridgehead atoms. The fraction of sp³-hybridized carbons (Fsp3) is 0.316. The molecule has 0 spiro atoms. The first-order chi connectivity index (χ1) is 11.7. The zero-order valence-electron chi connectivity index (χ0n) is 13.8. The summed E-state index contributed by atoms with van der Waals surface area (Å²) in [4.78, 5) is 11.8. The lowest BCUT2D eigenvalue weighted by Gasteiger charge is -2.09. The fourth-order valence-corrected chi connectivity index (χ4v) is 2.52. The van der Waals surface area contributed by atoms with E-state index in [9.17, 15) is 4.79 Å². The lowest BCUT2D eigenvalue weighted by Crippen LogP contribution is -2.35. The molecule has 0 saturated heterocycles.